The Balaban J connectivity index is 5.33. The summed E-state index contributed by atoms with van der Waals surface area (Å²) >= 11 is 0. The van der Waals surface area contributed by atoms with Crippen molar-refractivity contribution in [3.63, 3.8) is 0 Å². The van der Waals surface area contributed by atoms with Gasteiger partial charge in [0.05, 0.1) is 5.41 Å². The van der Waals surface area contributed by atoms with Crippen LogP contribution < -0.4 is 4.72 Å². The van der Waals surface area contributed by atoms with Gasteiger partial charge in [0.2, 0.25) is 0 Å². The Morgan fingerprint density at radius 3 is 1.81 bits per heavy atom. The second-order valence-electron chi connectivity index (χ2n) is 9.05. The highest BCUT2D eigenvalue weighted by Crippen LogP contribution is 2.47. The van der Waals surface area contributed by atoms with Crippen molar-refractivity contribution in [1.82, 2.24) is 4.72 Å². The van der Waals surface area contributed by atoms with Crippen LogP contribution in [0.2, 0.25) is 0 Å². The molecular formula is C17H32F3NO4S. The zero-order valence-corrected chi connectivity index (χ0v) is 17.7. The number of ether oxygens (including phenoxy) is 1. The van der Waals surface area contributed by atoms with E-state index >= 15 is 0 Å². The summed E-state index contributed by atoms with van der Waals surface area (Å²) in [5.41, 5.74) is -6.93. The Morgan fingerprint density at radius 2 is 1.50 bits per heavy atom. The summed E-state index contributed by atoms with van der Waals surface area (Å²) in [5, 5.41) is 0. The van der Waals surface area contributed by atoms with Gasteiger partial charge < -0.3 is 4.74 Å². The molecule has 0 saturated carbocycles. The maximum atomic E-state index is 12.9. The van der Waals surface area contributed by atoms with Crippen molar-refractivity contribution in [3.8, 4) is 0 Å². The van der Waals surface area contributed by atoms with Gasteiger partial charge in [-0.15, -0.1) is 0 Å². The second-order valence-corrected chi connectivity index (χ2v) is 10.8. The molecule has 0 rings (SSSR count). The molecule has 0 fully saturated rings. The third-order valence-corrected chi connectivity index (χ3v) is 5.68. The van der Waals surface area contributed by atoms with Gasteiger partial charge >= 0.3 is 21.5 Å². The van der Waals surface area contributed by atoms with Gasteiger partial charge in [-0.1, -0.05) is 48.5 Å². The molecule has 1 N–H and O–H groups in total. The predicted octanol–water partition coefficient (Wildman–Crippen LogP) is 4.24. The number of carbonyl (C=O) groups is 1. The molecular weight excluding hydrogens is 371 g/mol. The van der Waals surface area contributed by atoms with Crippen molar-refractivity contribution in [3.05, 3.63) is 0 Å². The van der Waals surface area contributed by atoms with Gasteiger partial charge in [-0.25, -0.2) is 13.1 Å². The summed E-state index contributed by atoms with van der Waals surface area (Å²) in [6.45, 7) is 14.4. The molecule has 0 heterocycles. The fourth-order valence-corrected chi connectivity index (χ4v) is 3.11. The van der Waals surface area contributed by atoms with Crippen LogP contribution in [0.3, 0.4) is 0 Å². The molecule has 0 aliphatic heterocycles. The first kappa shape index (κ1) is 25.2. The molecule has 5 nitrogen and oxygen atoms in total. The topological polar surface area (TPSA) is 72.5 Å². The zero-order valence-electron chi connectivity index (χ0n) is 16.9. The van der Waals surface area contributed by atoms with Crippen LogP contribution in [-0.2, 0) is 19.6 Å². The first-order chi connectivity index (χ1) is 11.3. The minimum atomic E-state index is -5.47. The van der Waals surface area contributed by atoms with Crippen LogP contribution >= 0.6 is 0 Å². The summed E-state index contributed by atoms with van der Waals surface area (Å²) in [5.74, 6) is -0.544. The third kappa shape index (κ3) is 6.72. The van der Waals surface area contributed by atoms with Crippen LogP contribution in [0, 0.1) is 16.2 Å². The van der Waals surface area contributed by atoms with Crippen molar-refractivity contribution in [2.75, 3.05) is 6.54 Å². The smallest absolute Gasteiger partial charge is 0.461 e. The Labute approximate surface area is 155 Å². The average Bonchev–Trinajstić information content (AvgIpc) is 2.38. The fourth-order valence-electron chi connectivity index (χ4n) is 2.54. The number of hydrogen-bond donors (Lipinski definition) is 1. The summed E-state index contributed by atoms with van der Waals surface area (Å²) in [6, 6.07) is 0. The molecule has 2 unspecified atom stereocenters. The summed E-state index contributed by atoms with van der Waals surface area (Å²) in [4.78, 5) is 12.9. The van der Waals surface area contributed by atoms with E-state index in [-0.39, 0.29) is 11.8 Å². The van der Waals surface area contributed by atoms with Crippen LogP contribution in [0.15, 0.2) is 0 Å². The SMILES string of the molecule is CCC(CNS(=O)(=O)C(F)(F)F)OC(=O)C(C)(CC(C)(C)C)C(C)(C)C. The predicted molar refractivity (Wildman–Crippen MR) is 94.8 cm³/mol. The van der Waals surface area contributed by atoms with Gasteiger partial charge in [0.25, 0.3) is 0 Å². The van der Waals surface area contributed by atoms with Gasteiger partial charge in [-0.05, 0) is 30.6 Å². The van der Waals surface area contributed by atoms with Gasteiger partial charge in [-0.3, -0.25) is 4.79 Å². The summed E-state index contributed by atoms with van der Waals surface area (Å²) < 4.78 is 66.4. The van der Waals surface area contributed by atoms with Gasteiger partial charge in [0.1, 0.15) is 6.10 Å². The molecule has 0 saturated heterocycles. The molecule has 0 aliphatic carbocycles. The van der Waals surface area contributed by atoms with Crippen LogP contribution in [0.1, 0.15) is 68.2 Å². The lowest BCUT2D eigenvalue weighted by Crippen LogP contribution is -2.47. The molecule has 0 bridgehead atoms. The van der Waals surface area contributed by atoms with Gasteiger partial charge in [0.15, 0.2) is 0 Å². The second kappa shape index (κ2) is 8.04. The highest BCUT2D eigenvalue weighted by atomic mass is 32.2. The number of carbonyl (C=O) groups excluding carboxylic acids is 1. The zero-order chi connectivity index (χ0) is 21.2. The highest BCUT2D eigenvalue weighted by Gasteiger charge is 2.49. The maximum Gasteiger partial charge on any atom is 0.511 e. The molecule has 0 aromatic heterocycles. The van der Waals surface area contributed by atoms with E-state index < -0.39 is 45.0 Å². The minimum Gasteiger partial charge on any atom is -0.461 e. The van der Waals surface area contributed by atoms with E-state index in [1.165, 1.54) is 4.72 Å². The fraction of sp³-hybridized carbons (Fsp3) is 0.941. The quantitative estimate of drug-likeness (QED) is 0.646. The van der Waals surface area contributed by atoms with Crippen LogP contribution in [0.25, 0.3) is 0 Å². The Hall–Kier alpha value is -0.830. The molecule has 0 aliphatic rings. The van der Waals surface area contributed by atoms with E-state index in [0.717, 1.165) is 0 Å². The molecule has 0 aromatic carbocycles. The van der Waals surface area contributed by atoms with Crippen molar-refractivity contribution in [1.29, 1.82) is 0 Å². The third-order valence-electron chi connectivity index (χ3n) is 4.52. The standard InChI is InChI=1S/C17H32F3NO4S/c1-9-12(10-21-26(23,24)17(18,19)20)25-13(22)16(8,15(5,6)7)11-14(2,3)4/h12,21H,9-11H2,1-8H3. The lowest BCUT2D eigenvalue weighted by atomic mass is 9.61. The summed E-state index contributed by atoms with van der Waals surface area (Å²) in [7, 11) is -5.47. The lowest BCUT2D eigenvalue weighted by Gasteiger charge is -2.44. The normalized spacial score (nSPS) is 17.5. The van der Waals surface area contributed by atoms with Crippen molar-refractivity contribution >= 4 is 16.0 Å². The first-order valence-electron chi connectivity index (χ1n) is 8.54. The van der Waals surface area contributed by atoms with E-state index in [9.17, 15) is 26.4 Å². The van der Waals surface area contributed by atoms with Crippen molar-refractivity contribution < 1.29 is 31.1 Å². The maximum absolute atomic E-state index is 12.9. The van der Waals surface area contributed by atoms with Crippen LogP contribution in [0.4, 0.5) is 13.2 Å². The Bertz CT molecular complexity index is 589. The monoisotopic (exact) mass is 403 g/mol. The molecule has 9 heteroatoms. The van der Waals surface area contributed by atoms with E-state index in [0.29, 0.717) is 6.42 Å². The number of alkyl halides is 3. The van der Waals surface area contributed by atoms with Gasteiger partial charge in [-0.2, -0.15) is 13.2 Å². The van der Waals surface area contributed by atoms with Crippen LogP contribution in [-0.4, -0.2) is 32.5 Å². The molecule has 0 spiro atoms. The van der Waals surface area contributed by atoms with Crippen LogP contribution in [0.5, 0.6) is 0 Å². The Morgan fingerprint density at radius 1 is 1.04 bits per heavy atom. The molecule has 156 valence electrons. The number of halogens is 3. The number of rotatable bonds is 7. The van der Waals surface area contributed by atoms with Gasteiger partial charge in [0, 0.05) is 6.54 Å². The average molecular weight is 404 g/mol. The number of esters is 1. The lowest BCUT2D eigenvalue weighted by molar-refractivity contribution is -0.170. The molecule has 26 heavy (non-hydrogen) atoms. The molecule has 0 aromatic rings. The number of nitrogens with one attached hydrogen (secondary N) is 1. The summed E-state index contributed by atoms with van der Waals surface area (Å²) in [6.07, 6.45) is -0.296. The Kier molecular flexibility index (Phi) is 7.78. The number of sulfonamides is 1. The molecule has 0 amide bonds. The molecule has 0 radical (unpaired) electrons. The first-order valence-corrected chi connectivity index (χ1v) is 10.0. The van der Waals surface area contributed by atoms with E-state index in [1.807, 2.05) is 41.5 Å². The molecule has 2 atom stereocenters. The minimum absolute atomic E-state index is 0.180. The van der Waals surface area contributed by atoms with Crippen molar-refractivity contribution in [2.45, 2.75) is 79.8 Å². The largest absolute Gasteiger partial charge is 0.511 e. The highest BCUT2D eigenvalue weighted by molar-refractivity contribution is 7.90. The van der Waals surface area contributed by atoms with E-state index in [1.54, 1.807) is 13.8 Å². The van der Waals surface area contributed by atoms with E-state index in [2.05, 4.69) is 0 Å². The van der Waals surface area contributed by atoms with Crippen molar-refractivity contribution in [2.24, 2.45) is 16.2 Å². The van der Waals surface area contributed by atoms with E-state index in [4.69, 9.17) is 4.74 Å². The number of hydrogen-bond acceptors (Lipinski definition) is 4.